The van der Waals surface area contributed by atoms with Crippen LogP contribution in [0.5, 0.6) is 0 Å². The molecule has 106 valence electrons. The Labute approximate surface area is 114 Å². The van der Waals surface area contributed by atoms with Crippen molar-refractivity contribution in [3.05, 3.63) is 29.3 Å². The van der Waals surface area contributed by atoms with Gasteiger partial charge < -0.3 is 5.11 Å². The Kier molecular flexibility index (Phi) is 4.28. The molecule has 0 bridgehead atoms. The molecule has 0 aliphatic heterocycles. The maximum absolute atomic E-state index is 12.3. The fourth-order valence-electron chi connectivity index (χ4n) is 2.40. The molecule has 2 rings (SSSR count). The zero-order valence-corrected chi connectivity index (χ0v) is 12.2. The maximum atomic E-state index is 12.3. The number of benzene rings is 1. The van der Waals surface area contributed by atoms with Crippen LogP contribution in [0.4, 0.5) is 0 Å². The number of hydrogen-bond acceptors (Lipinski definition) is 3. The van der Waals surface area contributed by atoms with Gasteiger partial charge in [-0.3, -0.25) is 0 Å². The van der Waals surface area contributed by atoms with Gasteiger partial charge in [-0.05, 0) is 49.9 Å². The topological polar surface area (TPSA) is 66.4 Å². The Bertz CT molecular complexity index is 554. The van der Waals surface area contributed by atoms with Gasteiger partial charge in [0.15, 0.2) is 0 Å². The second kappa shape index (κ2) is 5.61. The molecule has 4 nitrogen and oxygen atoms in total. The summed E-state index contributed by atoms with van der Waals surface area (Å²) >= 11 is 0. The Balaban J connectivity index is 2.19. The quantitative estimate of drug-likeness (QED) is 0.890. The van der Waals surface area contributed by atoms with Crippen molar-refractivity contribution < 1.29 is 13.5 Å². The number of nitrogens with one attached hydrogen (secondary N) is 1. The fraction of sp³-hybridized carbons (Fsp3) is 0.571. The van der Waals surface area contributed by atoms with E-state index >= 15 is 0 Å². The average Bonchev–Trinajstić information content (AvgIpc) is 2.35. The lowest BCUT2D eigenvalue weighted by atomic mass is 9.93. The van der Waals surface area contributed by atoms with E-state index in [2.05, 4.69) is 4.72 Å². The molecule has 0 heterocycles. The van der Waals surface area contributed by atoms with Gasteiger partial charge in [0.25, 0.3) is 0 Å². The van der Waals surface area contributed by atoms with Gasteiger partial charge in [0.1, 0.15) is 0 Å². The second-order valence-electron chi connectivity index (χ2n) is 5.33. The number of rotatable bonds is 3. The molecular weight excluding hydrogens is 262 g/mol. The van der Waals surface area contributed by atoms with E-state index in [9.17, 15) is 13.5 Å². The fourth-order valence-corrected chi connectivity index (χ4v) is 3.79. The number of aliphatic hydroxyl groups excluding tert-OH is 1. The summed E-state index contributed by atoms with van der Waals surface area (Å²) in [6.45, 7) is 3.84. The summed E-state index contributed by atoms with van der Waals surface area (Å²) in [6.07, 6.45) is 2.71. The van der Waals surface area contributed by atoms with E-state index in [-0.39, 0.29) is 10.9 Å². The molecule has 2 N–H and O–H groups in total. The summed E-state index contributed by atoms with van der Waals surface area (Å²) in [6, 6.07) is 4.73. The normalized spacial score (nSPS) is 24.4. The molecule has 19 heavy (non-hydrogen) atoms. The molecule has 0 spiro atoms. The number of sulfonamides is 1. The minimum absolute atomic E-state index is 0.272. The van der Waals surface area contributed by atoms with Crippen LogP contribution in [0.15, 0.2) is 23.1 Å². The van der Waals surface area contributed by atoms with E-state index in [0.29, 0.717) is 12.8 Å². The van der Waals surface area contributed by atoms with Gasteiger partial charge in [-0.25, -0.2) is 13.1 Å². The molecule has 2 atom stereocenters. The standard InChI is InChI=1S/C14H21NO3S/c1-10-7-8-12(9-11(10)2)19(17,18)15-13-5-3-4-6-14(13)16/h7-9,13-16H,3-6H2,1-2H3. The summed E-state index contributed by atoms with van der Waals surface area (Å²) in [7, 11) is -3.54. The molecule has 1 aliphatic rings. The van der Waals surface area contributed by atoms with Crippen LogP contribution in [0, 0.1) is 13.8 Å². The van der Waals surface area contributed by atoms with Crippen LogP contribution in [0.2, 0.25) is 0 Å². The molecule has 0 radical (unpaired) electrons. The lowest BCUT2D eigenvalue weighted by Crippen LogP contribution is -2.44. The second-order valence-corrected chi connectivity index (χ2v) is 7.04. The molecule has 0 saturated heterocycles. The molecule has 2 unspecified atom stereocenters. The third kappa shape index (κ3) is 3.35. The van der Waals surface area contributed by atoms with Crippen molar-refractivity contribution in [3.8, 4) is 0 Å². The van der Waals surface area contributed by atoms with E-state index in [0.717, 1.165) is 24.0 Å². The van der Waals surface area contributed by atoms with Gasteiger partial charge in [-0.2, -0.15) is 0 Å². The third-order valence-electron chi connectivity index (χ3n) is 3.82. The van der Waals surface area contributed by atoms with Crippen LogP contribution in [-0.4, -0.2) is 25.7 Å². The first kappa shape index (κ1) is 14.5. The van der Waals surface area contributed by atoms with Crippen molar-refractivity contribution in [2.24, 2.45) is 0 Å². The van der Waals surface area contributed by atoms with Crippen LogP contribution in [0.3, 0.4) is 0 Å². The largest absolute Gasteiger partial charge is 0.391 e. The molecule has 0 aromatic heterocycles. The molecule has 5 heteroatoms. The first-order chi connectivity index (χ1) is 8.90. The van der Waals surface area contributed by atoms with Gasteiger partial charge in [-0.15, -0.1) is 0 Å². The number of aliphatic hydroxyl groups is 1. The van der Waals surface area contributed by atoms with Gasteiger partial charge in [0.2, 0.25) is 10.0 Å². The summed E-state index contributed by atoms with van der Waals surface area (Å²) in [4.78, 5) is 0.272. The first-order valence-corrected chi connectivity index (χ1v) is 8.16. The van der Waals surface area contributed by atoms with Crippen molar-refractivity contribution in [3.63, 3.8) is 0 Å². The molecule has 1 aromatic rings. The highest BCUT2D eigenvalue weighted by Gasteiger charge is 2.28. The van der Waals surface area contributed by atoms with E-state index in [4.69, 9.17) is 0 Å². The smallest absolute Gasteiger partial charge is 0.240 e. The molecule has 0 amide bonds. The molecular formula is C14H21NO3S. The lowest BCUT2D eigenvalue weighted by Gasteiger charge is -2.28. The minimum Gasteiger partial charge on any atom is -0.391 e. The van der Waals surface area contributed by atoms with Crippen LogP contribution in [-0.2, 0) is 10.0 Å². The predicted molar refractivity (Wildman–Crippen MR) is 74.5 cm³/mol. The van der Waals surface area contributed by atoms with Crippen LogP contribution in [0.1, 0.15) is 36.8 Å². The third-order valence-corrected chi connectivity index (χ3v) is 5.31. The van der Waals surface area contributed by atoms with E-state index < -0.39 is 16.1 Å². The van der Waals surface area contributed by atoms with Gasteiger partial charge in [-0.1, -0.05) is 18.9 Å². The Hall–Kier alpha value is -0.910. The summed E-state index contributed by atoms with van der Waals surface area (Å²) in [5, 5.41) is 9.85. The van der Waals surface area contributed by atoms with Crippen LogP contribution < -0.4 is 4.72 Å². The monoisotopic (exact) mass is 283 g/mol. The van der Waals surface area contributed by atoms with Crippen molar-refractivity contribution in [2.45, 2.75) is 56.6 Å². The van der Waals surface area contributed by atoms with Crippen molar-refractivity contribution >= 4 is 10.0 Å². The zero-order valence-electron chi connectivity index (χ0n) is 11.4. The van der Waals surface area contributed by atoms with Gasteiger partial charge in [0.05, 0.1) is 11.0 Å². The summed E-state index contributed by atoms with van der Waals surface area (Å²) in [5.41, 5.74) is 2.02. The van der Waals surface area contributed by atoms with Gasteiger partial charge in [0, 0.05) is 6.04 Å². The summed E-state index contributed by atoms with van der Waals surface area (Å²) < 4.78 is 27.2. The molecule has 1 aliphatic carbocycles. The Morgan fingerprint density at radius 3 is 2.47 bits per heavy atom. The van der Waals surface area contributed by atoms with E-state index in [1.165, 1.54) is 0 Å². The molecule has 1 saturated carbocycles. The Morgan fingerprint density at radius 2 is 1.84 bits per heavy atom. The predicted octanol–water partition coefficient (Wildman–Crippen LogP) is 1.89. The maximum Gasteiger partial charge on any atom is 0.240 e. The van der Waals surface area contributed by atoms with E-state index in [1.54, 1.807) is 18.2 Å². The SMILES string of the molecule is Cc1ccc(S(=O)(=O)NC2CCCCC2O)cc1C. The van der Waals surface area contributed by atoms with Gasteiger partial charge >= 0.3 is 0 Å². The van der Waals surface area contributed by atoms with Crippen molar-refractivity contribution in [1.29, 1.82) is 0 Å². The summed E-state index contributed by atoms with van der Waals surface area (Å²) in [5.74, 6) is 0. The molecule has 1 fully saturated rings. The number of aryl methyl sites for hydroxylation is 2. The highest BCUT2D eigenvalue weighted by molar-refractivity contribution is 7.89. The lowest BCUT2D eigenvalue weighted by molar-refractivity contribution is 0.101. The highest BCUT2D eigenvalue weighted by atomic mass is 32.2. The number of hydrogen-bond donors (Lipinski definition) is 2. The van der Waals surface area contributed by atoms with Crippen molar-refractivity contribution in [1.82, 2.24) is 4.72 Å². The first-order valence-electron chi connectivity index (χ1n) is 6.68. The average molecular weight is 283 g/mol. The molecule has 1 aromatic carbocycles. The zero-order chi connectivity index (χ0) is 14.0. The van der Waals surface area contributed by atoms with Crippen LogP contribution >= 0.6 is 0 Å². The highest BCUT2D eigenvalue weighted by Crippen LogP contribution is 2.21. The van der Waals surface area contributed by atoms with Crippen LogP contribution in [0.25, 0.3) is 0 Å². The minimum atomic E-state index is -3.54. The Morgan fingerprint density at radius 1 is 1.16 bits per heavy atom. The van der Waals surface area contributed by atoms with E-state index in [1.807, 2.05) is 13.8 Å². The van der Waals surface area contributed by atoms with Crippen molar-refractivity contribution in [2.75, 3.05) is 0 Å².